The van der Waals surface area contributed by atoms with E-state index in [1.165, 1.54) is 4.88 Å². The molecule has 3 heterocycles. The molecule has 0 saturated carbocycles. The number of aromatic nitrogens is 2. The van der Waals surface area contributed by atoms with Crippen LogP contribution in [0.15, 0.2) is 46.3 Å². The maximum atomic E-state index is 12.2. The number of hydrogen-bond donors (Lipinski definition) is 0. The van der Waals surface area contributed by atoms with E-state index in [1.807, 2.05) is 34.5 Å². The second-order valence-corrected chi connectivity index (χ2v) is 7.19. The van der Waals surface area contributed by atoms with Crippen molar-refractivity contribution in [3.63, 3.8) is 0 Å². The van der Waals surface area contributed by atoms with E-state index < -0.39 is 0 Å². The summed E-state index contributed by atoms with van der Waals surface area (Å²) >= 11 is 7.65. The predicted octanol–water partition coefficient (Wildman–Crippen LogP) is 3.97. The van der Waals surface area contributed by atoms with Gasteiger partial charge in [0.25, 0.3) is 0 Å². The van der Waals surface area contributed by atoms with Crippen LogP contribution in [0.1, 0.15) is 23.1 Å². The minimum Gasteiger partial charge on any atom is -0.339 e. The Balaban J connectivity index is 1.50. The van der Waals surface area contributed by atoms with Crippen LogP contribution >= 0.6 is 22.9 Å². The molecule has 1 aliphatic heterocycles. The van der Waals surface area contributed by atoms with Gasteiger partial charge >= 0.3 is 0 Å². The standard InChI is InChI=1S/C17H14ClN3O2S/c18-13-4-1-3-11(7-13)16-19-17(23-20-16)12-8-15(22)21(9-12)10-14-5-2-6-24-14/h1-7,12H,8-10H2. The van der Waals surface area contributed by atoms with Gasteiger partial charge in [-0.15, -0.1) is 11.3 Å². The molecule has 5 nitrogen and oxygen atoms in total. The van der Waals surface area contributed by atoms with Gasteiger partial charge in [0.15, 0.2) is 0 Å². The smallest absolute Gasteiger partial charge is 0.232 e. The molecule has 0 radical (unpaired) electrons. The van der Waals surface area contributed by atoms with Gasteiger partial charge in [0.05, 0.1) is 12.5 Å². The fourth-order valence-corrected chi connectivity index (χ4v) is 3.74. The molecule has 1 aromatic carbocycles. The molecule has 1 aliphatic rings. The van der Waals surface area contributed by atoms with Crippen molar-refractivity contribution in [2.24, 2.45) is 0 Å². The maximum absolute atomic E-state index is 12.2. The van der Waals surface area contributed by atoms with Gasteiger partial charge in [-0.2, -0.15) is 4.98 Å². The van der Waals surface area contributed by atoms with Crippen LogP contribution in [0.25, 0.3) is 11.4 Å². The van der Waals surface area contributed by atoms with Gasteiger partial charge in [-0.25, -0.2) is 0 Å². The monoisotopic (exact) mass is 359 g/mol. The first-order valence-electron chi connectivity index (χ1n) is 7.59. The Morgan fingerprint density at radius 3 is 3.04 bits per heavy atom. The molecule has 1 saturated heterocycles. The van der Waals surface area contributed by atoms with Gasteiger partial charge in [-0.05, 0) is 23.6 Å². The Bertz CT molecular complexity index is 862. The zero-order valence-electron chi connectivity index (χ0n) is 12.7. The zero-order valence-corrected chi connectivity index (χ0v) is 14.3. The summed E-state index contributed by atoms with van der Waals surface area (Å²) < 4.78 is 5.39. The molecular formula is C17H14ClN3O2S. The molecule has 2 aromatic heterocycles. The lowest BCUT2D eigenvalue weighted by molar-refractivity contribution is -0.128. The third-order valence-corrected chi connectivity index (χ3v) is 5.11. The summed E-state index contributed by atoms with van der Waals surface area (Å²) in [6, 6.07) is 11.3. The average molecular weight is 360 g/mol. The summed E-state index contributed by atoms with van der Waals surface area (Å²) in [6.07, 6.45) is 0.405. The molecule has 3 aromatic rings. The van der Waals surface area contributed by atoms with Crippen molar-refractivity contribution in [1.82, 2.24) is 15.0 Å². The van der Waals surface area contributed by atoms with Crippen LogP contribution in [0.3, 0.4) is 0 Å². The molecule has 1 fully saturated rings. The van der Waals surface area contributed by atoms with Gasteiger partial charge < -0.3 is 9.42 Å². The molecule has 0 bridgehead atoms. The quantitative estimate of drug-likeness (QED) is 0.707. The van der Waals surface area contributed by atoms with Crippen molar-refractivity contribution in [3.8, 4) is 11.4 Å². The lowest BCUT2D eigenvalue weighted by Gasteiger charge is -2.14. The number of carbonyl (C=O) groups is 1. The second kappa shape index (κ2) is 6.37. The minimum absolute atomic E-state index is 0.0575. The summed E-state index contributed by atoms with van der Waals surface area (Å²) in [5.74, 6) is 1.07. The van der Waals surface area contributed by atoms with Crippen molar-refractivity contribution >= 4 is 28.8 Å². The largest absolute Gasteiger partial charge is 0.339 e. The Morgan fingerprint density at radius 1 is 1.33 bits per heavy atom. The van der Waals surface area contributed by atoms with Crippen molar-refractivity contribution < 1.29 is 9.32 Å². The van der Waals surface area contributed by atoms with Gasteiger partial charge in [-0.3, -0.25) is 4.79 Å². The third kappa shape index (κ3) is 3.07. The fourth-order valence-electron chi connectivity index (χ4n) is 2.83. The number of benzene rings is 1. The molecule has 0 spiro atoms. The van der Waals surface area contributed by atoms with E-state index in [0.29, 0.717) is 36.2 Å². The summed E-state index contributed by atoms with van der Waals surface area (Å²) in [6.45, 7) is 1.25. The SMILES string of the molecule is O=C1CC(c2nc(-c3cccc(Cl)c3)no2)CN1Cc1cccs1. The molecule has 0 N–H and O–H groups in total. The maximum Gasteiger partial charge on any atom is 0.232 e. The molecule has 122 valence electrons. The Kier molecular flexibility index (Phi) is 4.08. The van der Waals surface area contributed by atoms with Crippen LogP contribution in [0.5, 0.6) is 0 Å². The summed E-state index contributed by atoms with van der Waals surface area (Å²) in [5.41, 5.74) is 0.803. The number of carbonyl (C=O) groups excluding carboxylic acids is 1. The molecular weight excluding hydrogens is 346 g/mol. The van der Waals surface area contributed by atoms with E-state index in [-0.39, 0.29) is 11.8 Å². The van der Waals surface area contributed by atoms with Gasteiger partial charge in [0, 0.05) is 28.4 Å². The average Bonchev–Trinajstić information content (AvgIpc) is 3.30. The van der Waals surface area contributed by atoms with Crippen molar-refractivity contribution in [2.75, 3.05) is 6.54 Å². The van der Waals surface area contributed by atoms with E-state index in [9.17, 15) is 4.79 Å². The first-order valence-corrected chi connectivity index (χ1v) is 8.84. The number of thiophene rings is 1. The number of rotatable bonds is 4. The fraction of sp³-hybridized carbons (Fsp3) is 0.235. The van der Waals surface area contributed by atoms with Crippen LogP contribution in [-0.4, -0.2) is 27.5 Å². The third-order valence-electron chi connectivity index (χ3n) is 4.02. The highest BCUT2D eigenvalue weighted by Gasteiger charge is 2.34. The van der Waals surface area contributed by atoms with E-state index in [2.05, 4.69) is 10.1 Å². The zero-order chi connectivity index (χ0) is 16.5. The summed E-state index contributed by atoms with van der Waals surface area (Å²) in [7, 11) is 0. The van der Waals surface area contributed by atoms with Crippen LogP contribution in [0.4, 0.5) is 0 Å². The summed E-state index contributed by atoms with van der Waals surface area (Å²) in [4.78, 5) is 19.7. The van der Waals surface area contributed by atoms with Crippen LogP contribution in [0, 0.1) is 0 Å². The lowest BCUT2D eigenvalue weighted by Crippen LogP contribution is -2.23. The molecule has 4 rings (SSSR count). The number of halogens is 1. The van der Waals surface area contributed by atoms with Crippen molar-refractivity contribution in [2.45, 2.75) is 18.9 Å². The summed E-state index contributed by atoms with van der Waals surface area (Å²) in [5, 5.41) is 6.66. The van der Waals surface area contributed by atoms with E-state index in [4.69, 9.17) is 16.1 Å². The van der Waals surface area contributed by atoms with Crippen molar-refractivity contribution in [3.05, 3.63) is 57.6 Å². The van der Waals surface area contributed by atoms with Crippen molar-refractivity contribution in [1.29, 1.82) is 0 Å². The number of nitrogens with zero attached hydrogens (tertiary/aromatic N) is 3. The molecule has 24 heavy (non-hydrogen) atoms. The normalized spacial score (nSPS) is 17.6. The van der Waals surface area contributed by atoms with Crippen LogP contribution < -0.4 is 0 Å². The van der Waals surface area contributed by atoms with Gasteiger partial charge in [-0.1, -0.05) is 35.0 Å². The first kappa shape index (κ1) is 15.4. The van der Waals surface area contributed by atoms with E-state index >= 15 is 0 Å². The minimum atomic E-state index is -0.0575. The molecule has 1 atom stereocenters. The van der Waals surface area contributed by atoms with Crippen LogP contribution in [0.2, 0.25) is 5.02 Å². The number of hydrogen-bond acceptors (Lipinski definition) is 5. The number of likely N-dealkylation sites (tertiary alicyclic amines) is 1. The molecule has 1 amide bonds. The Hall–Kier alpha value is -2.18. The molecule has 7 heteroatoms. The Morgan fingerprint density at radius 2 is 2.25 bits per heavy atom. The second-order valence-electron chi connectivity index (χ2n) is 5.72. The van der Waals surface area contributed by atoms with E-state index in [0.717, 1.165) is 5.56 Å². The highest BCUT2D eigenvalue weighted by atomic mass is 35.5. The topological polar surface area (TPSA) is 59.2 Å². The Labute approximate surface area is 147 Å². The van der Waals surface area contributed by atoms with Gasteiger partial charge in [0.2, 0.25) is 17.6 Å². The predicted molar refractivity (Wildman–Crippen MR) is 91.8 cm³/mol. The molecule has 1 unspecified atom stereocenters. The first-order chi connectivity index (χ1) is 11.7. The van der Waals surface area contributed by atoms with Crippen LogP contribution in [-0.2, 0) is 11.3 Å². The van der Waals surface area contributed by atoms with Gasteiger partial charge in [0.1, 0.15) is 0 Å². The van der Waals surface area contributed by atoms with E-state index in [1.54, 1.807) is 23.5 Å². The highest BCUT2D eigenvalue weighted by molar-refractivity contribution is 7.09. The lowest BCUT2D eigenvalue weighted by atomic mass is 10.1. The number of amides is 1. The molecule has 0 aliphatic carbocycles. The highest BCUT2D eigenvalue weighted by Crippen LogP contribution is 2.30.